The molecule has 0 spiro atoms. The number of aromatic nitrogens is 3. The molecule has 0 atom stereocenters. The summed E-state index contributed by atoms with van der Waals surface area (Å²) in [5.74, 6) is 1.32. The van der Waals surface area contributed by atoms with Crippen molar-refractivity contribution in [1.82, 2.24) is 14.8 Å². The second kappa shape index (κ2) is 8.58. The Bertz CT molecular complexity index is 1310. The summed E-state index contributed by atoms with van der Waals surface area (Å²) in [4.78, 5) is 20.5. The predicted octanol–water partition coefficient (Wildman–Crippen LogP) is 5.12. The van der Waals surface area contributed by atoms with E-state index in [0.717, 1.165) is 22.4 Å². The Morgan fingerprint density at radius 2 is 1.82 bits per heavy atom. The first-order chi connectivity index (χ1) is 16.1. The maximum absolute atomic E-state index is 13.8. The van der Waals surface area contributed by atoms with E-state index in [0.29, 0.717) is 42.4 Å². The molecule has 0 N–H and O–H groups in total. The van der Waals surface area contributed by atoms with Gasteiger partial charge in [-0.15, -0.1) is 0 Å². The Morgan fingerprint density at radius 1 is 1.06 bits per heavy atom. The number of anilines is 1. The van der Waals surface area contributed by atoms with Gasteiger partial charge in [-0.2, -0.15) is 5.10 Å². The van der Waals surface area contributed by atoms with E-state index in [2.05, 4.69) is 18.9 Å². The smallest absolute Gasteiger partial charge is 0.259 e. The topological polar surface area (TPSA) is 69.5 Å². The van der Waals surface area contributed by atoms with Crippen LogP contribution in [0.25, 0.3) is 22.3 Å². The summed E-state index contributed by atoms with van der Waals surface area (Å²) in [7, 11) is 0. The van der Waals surface area contributed by atoms with Crippen LogP contribution in [0, 0.1) is 0 Å². The molecule has 7 nitrogen and oxygen atoms in total. The van der Waals surface area contributed by atoms with Crippen molar-refractivity contribution in [3.8, 4) is 22.8 Å². The Morgan fingerprint density at radius 3 is 2.55 bits per heavy atom. The van der Waals surface area contributed by atoms with Crippen LogP contribution in [-0.2, 0) is 0 Å². The second-order valence-corrected chi connectivity index (χ2v) is 8.22. The SMILES string of the molecule is CCN(C(=O)c1cc(-c2ccc3c(c2)OCCO3)nc2c1cnn2C(C)C)c1ccccc1. The molecule has 5 rings (SSSR count). The highest BCUT2D eigenvalue weighted by atomic mass is 16.6. The van der Waals surface area contributed by atoms with E-state index < -0.39 is 0 Å². The molecule has 4 aromatic rings. The van der Waals surface area contributed by atoms with Crippen LogP contribution in [-0.4, -0.2) is 40.4 Å². The highest BCUT2D eigenvalue weighted by Crippen LogP contribution is 2.35. The lowest BCUT2D eigenvalue weighted by molar-refractivity contribution is 0.0990. The molecule has 1 amide bonds. The number of nitrogens with zero attached hydrogens (tertiary/aromatic N) is 4. The predicted molar refractivity (Wildman–Crippen MR) is 128 cm³/mol. The van der Waals surface area contributed by atoms with Gasteiger partial charge in [-0.05, 0) is 57.2 Å². The third-order valence-corrected chi connectivity index (χ3v) is 5.75. The van der Waals surface area contributed by atoms with Gasteiger partial charge in [0.1, 0.15) is 13.2 Å². The molecule has 2 aromatic carbocycles. The Kier molecular flexibility index (Phi) is 5.46. The third kappa shape index (κ3) is 3.80. The summed E-state index contributed by atoms with van der Waals surface area (Å²) < 4.78 is 13.3. The molecule has 0 radical (unpaired) electrons. The molecular weight excluding hydrogens is 416 g/mol. The maximum Gasteiger partial charge on any atom is 0.259 e. The summed E-state index contributed by atoms with van der Waals surface area (Å²) in [6.45, 7) is 7.67. The Labute approximate surface area is 192 Å². The molecule has 7 heteroatoms. The monoisotopic (exact) mass is 442 g/mol. The highest BCUT2D eigenvalue weighted by Gasteiger charge is 2.23. The van der Waals surface area contributed by atoms with Crippen molar-refractivity contribution in [2.45, 2.75) is 26.8 Å². The van der Waals surface area contributed by atoms with E-state index in [1.807, 2.05) is 66.2 Å². The van der Waals surface area contributed by atoms with Crippen LogP contribution < -0.4 is 14.4 Å². The first-order valence-electron chi connectivity index (χ1n) is 11.2. The molecule has 0 fully saturated rings. The molecule has 1 aliphatic rings. The van der Waals surface area contributed by atoms with Gasteiger partial charge in [0, 0.05) is 23.8 Å². The average molecular weight is 443 g/mol. The lowest BCUT2D eigenvalue weighted by Crippen LogP contribution is -2.30. The molecule has 0 saturated carbocycles. The van der Waals surface area contributed by atoms with E-state index in [-0.39, 0.29) is 11.9 Å². The molecular formula is C26H26N4O3. The van der Waals surface area contributed by atoms with Crippen molar-refractivity contribution in [2.75, 3.05) is 24.7 Å². The number of ether oxygens (including phenoxy) is 2. The number of benzene rings is 2. The largest absolute Gasteiger partial charge is 0.486 e. The summed E-state index contributed by atoms with van der Waals surface area (Å²) >= 11 is 0. The van der Waals surface area contributed by atoms with Gasteiger partial charge in [-0.25, -0.2) is 9.67 Å². The van der Waals surface area contributed by atoms with Crippen LogP contribution in [0.1, 0.15) is 37.2 Å². The number of para-hydroxylation sites is 1. The van der Waals surface area contributed by atoms with Crippen LogP contribution in [0.2, 0.25) is 0 Å². The van der Waals surface area contributed by atoms with Crippen molar-refractivity contribution < 1.29 is 14.3 Å². The molecule has 3 heterocycles. The molecule has 2 aromatic heterocycles. The van der Waals surface area contributed by atoms with Crippen LogP contribution in [0.4, 0.5) is 5.69 Å². The van der Waals surface area contributed by atoms with Crippen molar-refractivity contribution in [3.63, 3.8) is 0 Å². The van der Waals surface area contributed by atoms with Gasteiger partial charge < -0.3 is 14.4 Å². The average Bonchev–Trinajstić information content (AvgIpc) is 3.28. The standard InChI is InChI=1S/C26H26N4O3/c1-4-29(19-8-6-5-7-9-19)26(31)20-15-22(28-25-21(20)16-27-30(25)17(2)3)18-10-11-23-24(14-18)33-13-12-32-23/h5-11,14-17H,4,12-13H2,1-3H3. The number of carbonyl (C=O) groups is 1. The third-order valence-electron chi connectivity index (χ3n) is 5.75. The summed E-state index contributed by atoms with van der Waals surface area (Å²) in [5, 5.41) is 5.28. The first-order valence-corrected chi connectivity index (χ1v) is 11.2. The van der Waals surface area contributed by atoms with Gasteiger partial charge in [0.15, 0.2) is 17.1 Å². The van der Waals surface area contributed by atoms with Gasteiger partial charge in [-0.1, -0.05) is 18.2 Å². The fourth-order valence-electron chi connectivity index (χ4n) is 4.12. The number of hydrogen-bond acceptors (Lipinski definition) is 5. The van der Waals surface area contributed by atoms with Gasteiger partial charge >= 0.3 is 0 Å². The molecule has 0 saturated heterocycles. The fourth-order valence-corrected chi connectivity index (χ4v) is 4.12. The molecule has 0 bridgehead atoms. The summed E-state index contributed by atoms with van der Waals surface area (Å²) in [5.41, 5.74) is 3.66. The minimum Gasteiger partial charge on any atom is -0.486 e. The Balaban J connectivity index is 1.67. The van der Waals surface area contributed by atoms with Gasteiger partial charge in [0.25, 0.3) is 5.91 Å². The zero-order valence-electron chi connectivity index (χ0n) is 19.0. The van der Waals surface area contributed by atoms with E-state index in [4.69, 9.17) is 14.5 Å². The molecule has 1 aliphatic heterocycles. The number of fused-ring (bicyclic) bond motifs is 2. The second-order valence-electron chi connectivity index (χ2n) is 8.22. The van der Waals surface area contributed by atoms with Crippen LogP contribution in [0.3, 0.4) is 0 Å². The number of hydrogen-bond donors (Lipinski definition) is 0. The van der Waals surface area contributed by atoms with Crippen LogP contribution in [0.15, 0.2) is 60.8 Å². The van der Waals surface area contributed by atoms with E-state index in [1.54, 1.807) is 11.1 Å². The minimum atomic E-state index is -0.0850. The highest BCUT2D eigenvalue weighted by molar-refractivity contribution is 6.13. The van der Waals surface area contributed by atoms with Crippen molar-refractivity contribution >= 4 is 22.6 Å². The quantitative estimate of drug-likeness (QED) is 0.429. The zero-order chi connectivity index (χ0) is 22.9. The molecule has 33 heavy (non-hydrogen) atoms. The number of carbonyl (C=O) groups excluding carboxylic acids is 1. The number of amides is 1. The van der Waals surface area contributed by atoms with Crippen molar-refractivity contribution in [2.24, 2.45) is 0 Å². The zero-order valence-corrected chi connectivity index (χ0v) is 19.0. The normalized spacial score (nSPS) is 12.8. The fraction of sp³-hybridized carbons (Fsp3) is 0.269. The van der Waals surface area contributed by atoms with Gasteiger partial charge in [0.05, 0.1) is 22.8 Å². The summed E-state index contributed by atoms with van der Waals surface area (Å²) in [6, 6.07) is 17.4. The first kappa shape index (κ1) is 21.0. The van der Waals surface area contributed by atoms with Crippen molar-refractivity contribution in [1.29, 1.82) is 0 Å². The lowest BCUT2D eigenvalue weighted by atomic mass is 10.0. The van der Waals surface area contributed by atoms with Gasteiger partial charge in [0.2, 0.25) is 0 Å². The molecule has 168 valence electrons. The van der Waals surface area contributed by atoms with Crippen molar-refractivity contribution in [3.05, 3.63) is 66.4 Å². The van der Waals surface area contributed by atoms with E-state index in [1.165, 1.54) is 0 Å². The van der Waals surface area contributed by atoms with Crippen LogP contribution in [0.5, 0.6) is 11.5 Å². The van der Waals surface area contributed by atoms with E-state index >= 15 is 0 Å². The van der Waals surface area contributed by atoms with Gasteiger partial charge in [-0.3, -0.25) is 4.79 Å². The summed E-state index contributed by atoms with van der Waals surface area (Å²) in [6.07, 6.45) is 1.74. The van der Waals surface area contributed by atoms with E-state index in [9.17, 15) is 4.79 Å². The number of rotatable bonds is 5. The molecule has 0 unspecified atom stereocenters. The minimum absolute atomic E-state index is 0.0850. The van der Waals surface area contributed by atoms with Crippen LogP contribution >= 0.6 is 0 Å². The number of pyridine rings is 1. The molecule has 0 aliphatic carbocycles. The Hall–Kier alpha value is -3.87. The lowest BCUT2D eigenvalue weighted by Gasteiger charge is -2.22. The maximum atomic E-state index is 13.8.